The number of aromatic amines is 1. The van der Waals surface area contributed by atoms with Crippen molar-refractivity contribution in [1.29, 1.82) is 0 Å². The molecule has 1 heterocycles. The highest BCUT2D eigenvalue weighted by molar-refractivity contribution is 5.72. The fourth-order valence-electron chi connectivity index (χ4n) is 1.33. The topological polar surface area (TPSA) is 46.0 Å². The Bertz CT molecular complexity index is 485. The standard InChI is InChI=1S/C10H11NO2.C2H6.H2/c1-6(2)7-3-4-9-8(5-7)11-10(12)13-9;1-2;/h3-6H,1-2H3,(H,11,12);1-2H3;1H. The lowest BCUT2D eigenvalue weighted by atomic mass is 10.0. The van der Waals surface area contributed by atoms with Gasteiger partial charge < -0.3 is 4.42 Å². The van der Waals surface area contributed by atoms with E-state index in [-0.39, 0.29) is 1.43 Å². The Morgan fingerprint density at radius 3 is 2.60 bits per heavy atom. The molecule has 0 saturated heterocycles. The van der Waals surface area contributed by atoms with E-state index in [2.05, 4.69) is 18.8 Å². The van der Waals surface area contributed by atoms with E-state index in [1.165, 1.54) is 5.56 Å². The zero-order chi connectivity index (χ0) is 11.4. The van der Waals surface area contributed by atoms with E-state index < -0.39 is 5.76 Å². The normalized spacial score (nSPS) is 10.2. The first-order valence-electron chi connectivity index (χ1n) is 5.29. The second-order valence-corrected chi connectivity index (χ2v) is 3.42. The Hall–Kier alpha value is -1.51. The summed E-state index contributed by atoms with van der Waals surface area (Å²) in [5.41, 5.74) is 2.59. The molecule has 0 bridgehead atoms. The average Bonchev–Trinajstić information content (AvgIpc) is 2.59. The largest absolute Gasteiger partial charge is 0.417 e. The van der Waals surface area contributed by atoms with E-state index in [0.29, 0.717) is 11.5 Å². The van der Waals surface area contributed by atoms with Crippen LogP contribution in [-0.4, -0.2) is 4.98 Å². The minimum atomic E-state index is -0.393. The van der Waals surface area contributed by atoms with E-state index in [1.54, 1.807) is 0 Å². The maximum absolute atomic E-state index is 10.8. The molecule has 1 aromatic carbocycles. The summed E-state index contributed by atoms with van der Waals surface area (Å²) in [5, 5.41) is 0. The first kappa shape index (κ1) is 11.6. The monoisotopic (exact) mass is 209 g/mol. The Balaban J connectivity index is 0.000000711. The summed E-state index contributed by atoms with van der Waals surface area (Å²) in [4.78, 5) is 13.5. The molecule has 1 aromatic heterocycles. The van der Waals surface area contributed by atoms with Gasteiger partial charge in [-0.05, 0) is 23.6 Å². The number of hydrogen-bond donors (Lipinski definition) is 1. The smallest absolute Gasteiger partial charge is 0.408 e. The molecule has 84 valence electrons. The van der Waals surface area contributed by atoms with Crippen LogP contribution >= 0.6 is 0 Å². The molecule has 3 nitrogen and oxygen atoms in total. The molecular formula is C12H19NO2. The molecule has 0 radical (unpaired) electrons. The summed E-state index contributed by atoms with van der Waals surface area (Å²) in [6.45, 7) is 8.22. The van der Waals surface area contributed by atoms with Gasteiger partial charge in [-0.3, -0.25) is 4.98 Å². The molecule has 15 heavy (non-hydrogen) atoms. The van der Waals surface area contributed by atoms with Crippen LogP contribution in [0, 0.1) is 0 Å². The molecule has 0 spiro atoms. The predicted octanol–water partition coefficient (Wildman–Crippen LogP) is 3.52. The third kappa shape index (κ3) is 2.49. The molecule has 2 aromatic rings. The van der Waals surface area contributed by atoms with Crippen molar-refractivity contribution < 1.29 is 5.84 Å². The lowest BCUT2D eigenvalue weighted by Crippen LogP contribution is -1.93. The predicted molar refractivity (Wildman–Crippen MR) is 64.4 cm³/mol. The van der Waals surface area contributed by atoms with Gasteiger partial charge in [0.1, 0.15) is 0 Å². The minimum absolute atomic E-state index is 0. The van der Waals surface area contributed by atoms with Crippen molar-refractivity contribution in [3.8, 4) is 0 Å². The SMILES string of the molecule is CC.CC(C)c1ccc2oc(=O)[nH]c2c1.[HH]. The molecule has 0 saturated carbocycles. The van der Waals surface area contributed by atoms with Gasteiger partial charge in [-0.1, -0.05) is 33.8 Å². The first-order valence-corrected chi connectivity index (χ1v) is 5.29. The second-order valence-electron chi connectivity index (χ2n) is 3.42. The molecule has 1 N–H and O–H groups in total. The number of benzene rings is 1. The number of H-pyrrole nitrogens is 1. The van der Waals surface area contributed by atoms with E-state index in [0.717, 1.165) is 5.52 Å². The Morgan fingerprint density at radius 1 is 1.33 bits per heavy atom. The number of hydrogen-bond acceptors (Lipinski definition) is 2. The molecule has 2 rings (SSSR count). The lowest BCUT2D eigenvalue weighted by Gasteiger charge is -2.02. The van der Waals surface area contributed by atoms with Gasteiger partial charge >= 0.3 is 5.76 Å². The van der Waals surface area contributed by atoms with Crippen LogP contribution in [0.2, 0.25) is 0 Å². The van der Waals surface area contributed by atoms with Crippen molar-refractivity contribution in [2.45, 2.75) is 33.6 Å². The van der Waals surface area contributed by atoms with Crippen molar-refractivity contribution in [3.05, 3.63) is 34.3 Å². The highest BCUT2D eigenvalue weighted by Gasteiger charge is 2.03. The number of rotatable bonds is 1. The zero-order valence-corrected chi connectivity index (χ0v) is 9.63. The van der Waals surface area contributed by atoms with Crippen molar-refractivity contribution >= 4 is 11.1 Å². The van der Waals surface area contributed by atoms with Crippen LogP contribution in [0.4, 0.5) is 0 Å². The summed E-state index contributed by atoms with van der Waals surface area (Å²) >= 11 is 0. The van der Waals surface area contributed by atoms with E-state index in [1.807, 2.05) is 32.0 Å². The van der Waals surface area contributed by atoms with Crippen molar-refractivity contribution in [2.75, 3.05) is 0 Å². The van der Waals surface area contributed by atoms with Gasteiger partial charge in [-0.15, -0.1) is 0 Å². The molecule has 0 atom stereocenters. The summed E-state index contributed by atoms with van der Waals surface area (Å²) in [6.07, 6.45) is 0. The van der Waals surface area contributed by atoms with Gasteiger partial charge in [0.25, 0.3) is 0 Å². The molecule has 3 heteroatoms. The Kier molecular flexibility index (Phi) is 3.72. The molecule has 0 aliphatic heterocycles. The Labute approximate surface area is 90.6 Å². The van der Waals surface area contributed by atoms with E-state index >= 15 is 0 Å². The van der Waals surface area contributed by atoms with Crippen LogP contribution in [0.3, 0.4) is 0 Å². The molecule has 0 fully saturated rings. The summed E-state index contributed by atoms with van der Waals surface area (Å²) in [5.74, 6) is 0.0682. The first-order chi connectivity index (χ1) is 7.16. The van der Waals surface area contributed by atoms with Crippen LogP contribution < -0.4 is 5.76 Å². The molecule has 0 aliphatic carbocycles. The summed E-state index contributed by atoms with van der Waals surface area (Å²) < 4.78 is 4.89. The lowest BCUT2D eigenvalue weighted by molar-refractivity contribution is 0.555. The van der Waals surface area contributed by atoms with E-state index in [4.69, 9.17) is 4.42 Å². The number of nitrogens with one attached hydrogen (secondary N) is 1. The van der Waals surface area contributed by atoms with Crippen LogP contribution in [0.1, 0.15) is 40.6 Å². The van der Waals surface area contributed by atoms with Crippen molar-refractivity contribution in [2.24, 2.45) is 0 Å². The summed E-state index contributed by atoms with van der Waals surface area (Å²) in [7, 11) is 0. The maximum Gasteiger partial charge on any atom is 0.417 e. The quantitative estimate of drug-likeness (QED) is 0.781. The third-order valence-electron chi connectivity index (χ3n) is 2.11. The number of oxazole rings is 1. The van der Waals surface area contributed by atoms with Crippen LogP contribution in [-0.2, 0) is 0 Å². The van der Waals surface area contributed by atoms with E-state index in [9.17, 15) is 4.79 Å². The van der Waals surface area contributed by atoms with Crippen molar-refractivity contribution in [3.63, 3.8) is 0 Å². The molecule has 0 aliphatic rings. The van der Waals surface area contributed by atoms with Gasteiger partial charge in [0.05, 0.1) is 5.52 Å². The summed E-state index contributed by atoms with van der Waals surface area (Å²) in [6, 6.07) is 5.75. The molecular weight excluding hydrogens is 190 g/mol. The van der Waals surface area contributed by atoms with Crippen LogP contribution in [0.5, 0.6) is 0 Å². The Morgan fingerprint density at radius 2 is 2.00 bits per heavy atom. The average molecular weight is 209 g/mol. The van der Waals surface area contributed by atoms with Gasteiger partial charge in [-0.25, -0.2) is 4.79 Å². The fraction of sp³-hybridized carbons (Fsp3) is 0.417. The number of fused-ring (bicyclic) bond motifs is 1. The van der Waals surface area contributed by atoms with Gasteiger partial charge in [0.2, 0.25) is 0 Å². The number of aromatic nitrogens is 1. The van der Waals surface area contributed by atoms with Crippen LogP contribution in [0.15, 0.2) is 27.4 Å². The molecule has 0 unspecified atom stereocenters. The van der Waals surface area contributed by atoms with Gasteiger partial charge in [0.15, 0.2) is 5.58 Å². The molecule has 0 amide bonds. The maximum atomic E-state index is 10.8. The van der Waals surface area contributed by atoms with Gasteiger partial charge in [-0.2, -0.15) is 0 Å². The highest BCUT2D eigenvalue weighted by Crippen LogP contribution is 2.18. The highest BCUT2D eigenvalue weighted by atomic mass is 16.4. The van der Waals surface area contributed by atoms with Crippen LogP contribution in [0.25, 0.3) is 11.1 Å². The third-order valence-corrected chi connectivity index (χ3v) is 2.11. The second kappa shape index (κ2) is 4.82. The van der Waals surface area contributed by atoms with Crippen molar-refractivity contribution in [1.82, 2.24) is 4.98 Å². The minimum Gasteiger partial charge on any atom is -0.408 e. The van der Waals surface area contributed by atoms with Gasteiger partial charge in [0, 0.05) is 1.43 Å². The fourth-order valence-corrected chi connectivity index (χ4v) is 1.33. The zero-order valence-electron chi connectivity index (χ0n) is 9.63.